The molecule has 1 unspecified atom stereocenters. The largest absolute Gasteiger partial charge is 0.357 e. The van der Waals surface area contributed by atoms with Gasteiger partial charge in [-0.2, -0.15) is 0 Å². The van der Waals surface area contributed by atoms with Gasteiger partial charge in [-0.15, -0.1) is 0 Å². The molecule has 0 saturated carbocycles. The fourth-order valence-electron chi connectivity index (χ4n) is 3.36. The van der Waals surface area contributed by atoms with Gasteiger partial charge in [0.1, 0.15) is 0 Å². The van der Waals surface area contributed by atoms with E-state index >= 15 is 0 Å². The van der Waals surface area contributed by atoms with E-state index in [-0.39, 0.29) is 11.9 Å². The Morgan fingerprint density at radius 2 is 2.22 bits per heavy atom. The summed E-state index contributed by atoms with van der Waals surface area (Å²) in [6, 6.07) is 11.8. The molecule has 1 saturated heterocycles. The summed E-state index contributed by atoms with van der Waals surface area (Å²) in [4.78, 5) is 10.9. The van der Waals surface area contributed by atoms with E-state index in [0.29, 0.717) is 5.82 Å². The average Bonchev–Trinajstić information content (AvgIpc) is 3.10. The van der Waals surface area contributed by atoms with Crippen LogP contribution in [0, 0.1) is 12.7 Å². The summed E-state index contributed by atoms with van der Waals surface area (Å²) in [6.45, 7) is 7.20. The SMILES string of the molecule is CCNC(=NCCc1cccc(C)c1)NC1CCN(c2ncccc2F)C1. The summed E-state index contributed by atoms with van der Waals surface area (Å²) < 4.78 is 13.9. The lowest BCUT2D eigenvalue weighted by Crippen LogP contribution is -2.44. The number of hydrogen-bond donors (Lipinski definition) is 2. The quantitative estimate of drug-likeness (QED) is 0.607. The van der Waals surface area contributed by atoms with Crippen molar-refractivity contribution in [2.75, 3.05) is 31.1 Å². The molecule has 1 aliphatic rings. The van der Waals surface area contributed by atoms with E-state index in [9.17, 15) is 4.39 Å². The number of aryl methyl sites for hydroxylation is 1. The standard InChI is InChI=1S/C21H28FN5/c1-3-23-21(25-12-9-17-7-4-6-16(2)14-17)26-18-10-13-27(15-18)20-19(22)8-5-11-24-20/h4-8,11,14,18H,3,9-10,12-13,15H2,1-2H3,(H2,23,25,26). The van der Waals surface area contributed by atoms with Crippen molar-refractivity contribution in [3.63, 3.8) is 0 Å². The van der Waals surface area contributed by atoms with Crippen LogP contribution in [0.3, 0.4) is 0 Å². The van der Waals surface area contributed by atoms with Crippen LogP contribution in [0.5, 0.6) is 0 Å². The van der Waals surface area contributed by atoms with E-state index in [1.54, 1.807) is 12.3 Å². The van der Waals surface area contributed by atoms with Gasteiger partial charge in [-0.1, -0.05) is 29.8 Å². The van der Waals surface area contributed by atoms with Crippen molar-refractivity contribution in [3.05, 3.63) is 59.5 Å². The molecule has 1 aromatic heterocycles. The van der Waals surface area contributed by atoms with Crippen molar-refractivity contribution in [1.29, 1.82) is 0 Å². The molecule has 0 spiro atoms. The Kier molecular flexibility index (Phi) is 6.63. The van der Waals surface area contributed by atoms with Crippen LogP contribution in [0.1, 0.15) is 24.5 Å². The molecule has 0 radical (unpaired) electrons. The molecule has 5 nitrogen and oxygen atoms in total. The number of nitrogens with one attached hydrogen (secondary N) is 2. The van der Waals surface area contributed by atoms with E-state index in [1.165, 1.54) is 17.2 Å². The highest BCUT2D eigenvalue weighted by molar-refractivity contribution is 5.80. The fourth-order valence-corrected chi connectivity index (χ4v) is 3.36. The van der Waals surface area contributed by atoms with Crippen LogP contribution in [0.15, 0.2) is 47.6 Å². The molecule has 27 heavy (non-hydrogen) atoms. The average molecular weight is 369 g/mol. The third-order valence-corrected chi connectivity index (χ3v) is 4.66. The molecule has 2 heterocycles. The molecule has 0 aliphatic carbocycles. The second-order valence-corrected chi connectivity index (χ2v) is 6.88. The Labute approximate surface area is 160 Å². The van der Waals surface area contributed by atoms with Gasteiger partial charge >= 0.3 is 0 Å². The molecular weight excluding hydrogens is 341 g/mol. The number of halogens is 1. The van der Waals surface area contributed by atoms with Crippen LogP contribution < -0.4 is 15.5 Å². The van der Waals surface area contributed by atoms with Gasteiger partial charge < -0.3 is 15.5 Å². The second kappa shape index (κ2) is 9.35. The number of benzene rings is 1. The summed E-state index contributed by atoms with van der Waals surface area (Å²) in [5.41, 5.74) is 2.57. The van der Waals surface area contributed by atoms with Gasteiger partial charge in [-0.05, 0) is 44.4 Å². The zero-order valence-corrected chi connectivity index (χ0v) is 16.1. The van der Waals surface area contributed by atoms with Crippen molar-refractivity contribution in [1.82, 2.24) is 15.6 Å². The lowest BCUT2D eigenvalue weighted by atomic mass is 10.1. The second-order valence-electron chi connectivity index (χ2n) is 6.88. The van der Waals surface area contributed by atoms with Crippen molar-refractivity contribution < 1.29 is 4.39 Å². The maximum Gasteiger partial charge on any atom is 0.191 e. The number of hydrogen-bond acceptors (Lipinski definition) is 3. The topological polar surface area (TPSA) is 52.6 Å². The number of aliphatic imine (C=N–C) groups is 1. The molecular formula is C21H28FN5. The Bertz CT molecular complexity index is 777. The maximum atomic E-state index is 13.9. The van der Waals surface area contributed by atoms with Crippen LogP contribution in [0.2, 0.25) is 0 Å². The van der Waals surface area contributed by atoms with E-state index in [1.807, 2.05) is 4.90 Å². The summed E-state index contributed by atoms with van der Waals surface area (Å²) >= 11 is 0. The fraction of sp³-hybridized carbons (Fsp3) is 0.429. The monoisotopic (exact) mass is 369 g/mol. The highest BCUT2D eigenvalue weighted by Crippen LogP contribution is 2.20. The Morgan fingerprint density at radius 1 is 1.33 bits per heavy atom. The number of pyridine rings is 1. The zero-order chi connectivity index (χ0) is 19.1. The van der Waals surface area contributed by atoms with Crippen molar-refractivity contribution in [2.24, 2.45) is 4.99 Å². The minimum atomic E-state index is -0.267. The van der Waals surface area contributed by atoms with Crippen molar-refractivity contribution in [2.45, 2.75) is 32.7 Å². The van der Waals surface area contributed by atoms with Gasteiger partial charge in [0, 0.05) is 38.4 Å². The summed E-state index contributed by atoms with van der Waals surface area (Å²) in [6.07, 6.45) is 3.47. The van der Waals surface area contributed by atoms with Crippen molar-refractivity contribution in [3.8, 4) is 0 Å². The van der Waals surface area contributed by atoms with E-state index in [2.05, 4.69) is 53.7 Å². The highest BCUT2D eigenvalue weighted by Gasteiger charge is 2.25. The van der Waals surface area contributed by atoms with Crippen LogP contribution in [-0.4, -0.2) is 43.2 Å². The van der Waals surface area contributed by atoms with Crippen molar-refractivity contribution >= 4 is 11.8 Å². The third-order valence-electron chi connectivity index (χ3n) is 4.66. The Morgan fingerprint density at radius 3 is 3.00 bits per heavy atom. The molecule has 2 aromatic rings. The highest BCUT2D eigenvalue weighted by atomic mass is 19.1. The van der Waals surface area contributed by atoms with Crippen LogP contribution in [-0.2, 0) is 6.42 Å². The minimum absolute atomic E-state index is 0.225. The van der Waals surface area contributed by atoms with E-state index in [4.69, 9.17) is 4.99 Å². The minimum Gasteiger partial charge on any atom is -0.357 e. The molecule has 1 fully saturated rings. The number of nitrogens with zero attached hydrogens (tertiary/aromatic N) is 3. The zero-order valence-electron chi connectivity index (χ0n) is 16.1. The van der Waals surface area contributed by atoms with Gasteiger partial charge in [-0.3, -0.25) is 4.99 Å². The normalized spacial score (nSPS) is 17.2. The molecule has 0 amide bonds. The van der Waals surface area contributed by atoms with Crippen LogP contribution in [0.4, 0.5) is 10.2 Å². The maximum absolute atomic E-state index is 13.9. The molecule has 1 aromatic carbocycles. The summed E-state index contributed by atoms with van der Waals surface area (Å²) in [7, 11) is 0. The van der Waals surface area contributed by atoms with Crippen LogP contribution >= 0.6 is 0 Å². The number of rotatable bonds is 6. The van der Waals surface area contributed by atoms with E-state index in [0.717, 1.165) is 45.0 Å². The number of guanidine groups is 1. The lowest BCUT2D eigenvalue weighted by Gasteiger charge is -2.20. The lowest BCUT2D eigenvalue weighted by molar-refractivity contribution is 0.612. The first kappa shape index (κ1) is 19.1. The molecule has 2 N–H and O–H groups in total. The first-order chi connectivity index (χ1) is 13.2. The van der Waals surface area contributed by atoms with E-state index < -0.39 is 0 Å². The van der Waals surface area contributed by atoms with Gasteiger partial charge in [-0.25, -0.2) is 9.37 Å². The Balaban J connectivity index is 1.55. The third kappa shape index (κ3) is 5.42. The predicted octanol–water partition coefficient (Wildman–Crippen LogP) is 2.91. The van der Waals surface area contributed by atoms with Gasteiger partial charge in [0.2, 0.25) is 0 Å². The van der Waals surface area contributed by atoms with Gasteiger partial charge in [0.15, 0.2) is 17.6 Å². The smallest absolute Gasteiger partial charge is 0.191 e. The first-order valence-corrected chi connectivity index (χ1v) is 9.61. The van der Waals surface area contributed by atoms with Crippen LogP contribution in [0.25, 0.3) is 0 Å². The molecule has 3 rings (SSSR count). The summed E-state index contributed by atoms with van der Waals surface area (Å²) in [5.74, 6) is 0.985. The molecule has 6 heteroatoms. The van der Waals surface area contributed by atoms with Gasteiger partial charge in [0.25, 0.3) is 0 Å². The molecule has 0 bridgehead atoms. The molecule has 144 valence electrons. The number of anilines is 1. The van der Waals surface area contributed by atoms with Gasteiger partial charge in [0.05, 0.1) is 0 Å². The summed E-state index contributed by atoms with van der Waals surface area (Å²) in [5, 5.41) is 6.78. The number of aromatic nitrogens is 1. The molecule has 1 atom stereocenters. The Hall–Kier alpha value is -2.63. The first-order valence-electron chi connectivity index (χ1n) is 9.61. The molecule has 1 aliphatic heterocycles. The predicted molar refractivity (Wildman–Crippen MR) is 109 cm³/mol.